The highest BCUT2D eigenvalue weighted by molar-refractivity contribution is 5.77. The third-order valence-electron chi connectivity index (χ3n) is 2.07. The summed E-state index contributed by atoms with van der Waals surface area (Å²) in [6, 6.07) is 0. The second-order valence-electron chi connectivity index (χ2n) is 3.35. The van der Waals surface area contributed by atoms with Crippen molar-refractivity contribution < 1.29 is 14.6 Å². The summed E-state index contributed by atoms with van der Waals surface area (Å²) in [5.41, 5.74) is 0. The molecule has 0 aliphatic heterocycles. The number of amides is 1. The molecule has 0 aliphatic rings. The van der Waals surface area contributed by atoms with Crippen LogP contribution in [-0.2, 0) is 9.53 Å². The van der Waals surface area contributed by atoms with E-state index < -0.39 is 6.10 Å². The molecule has 0 fully saturated rings. The molecule has 0 radical (unpaired) electrons. The van der Waals surface area contributed by atoms with Crippen molar-refractivity contribution in [3.05, 3.63) is 0 Å². The van der Waals surface area contributed by atoms with Crippen LogP contribution in [0.15, 0.2) is 0 Å². The van der Waals surface area contributed by atoms with E-state index in [9.17, 15) is 9.90 Å². The van der Waals surface area contributed by atoms with Crippen LogP contribution in [-0.4, -0.2) is 61.9 Å². The SMILES string of the molecule is CCOCC(O)CNCC(=O)N(C)CC. The zero-order chi connectivity index (χ0) is 11.7. The quantitative estimate of drug-likeness (QED) is 0.574. The minimum atomic E-state index is -0.551. The van der Waals surface area contributed by atoms with Crippen molar-refractivity contribution in [2.24, 2.45) is 0 Å². The van der Waals surface area contributed by atoms with Gasteiger partial charge in [0, 0.05) is 26.7 Å². The molecule has 0 rings (SSSR count). The molecule has 1 unspecified atom stereocenters. The summed E-state index contributed by atoms with van der Waals surface area (Å²) in [6.45, 7) is 6.02. The second kappa shape index (κ2) is 8.64. The summed E-state index contributed by atoms with van der Waals surface area (Å²) in [4.78, 5) is 12.9. The first kappa shape index (κ1) is 14.3. The molecular weight excluding hydrogens is 196 g/mol. The third-order valence-corrected chi connectivity index (χ3v) is 2.07. The fourth-order valence-corrected chi connectivity index (χ4v) is 0.970. The number of nitrogens with one attached hydrogen (secondary N) is 1. The number of carbonyl (C=O) groups excluding carboxylic acids is 1. The molecule has 5 heteroatoms. The van der Waals surface area contributed by atoms with Crippen LogP contribution in [0.5, 0.6) is 0 Å². The standard InChI is InChI=1S/C10H22N2O3/c1-4-12(3)10(14)7-11-6-9(13)8-15-5-2/h9,11,13H,4-8H2,1-3H3. The highest BCUT2D eigenvalue weighted by Crippen LogP contribution is 1.85. The largest absolute Gasteiger partial charge is 0.389 e. The van der Waals surface area contributed by atoms with Crippen LogP contribution < -0.4 is 5.32 Å². The Morgan fingerprint density at radius 3 is 2.73 bits per heavy atom. The number of likely N-dealkylation sites (N-methyl/N-ethyl adjacent to an activating group) is 1. The predicted octanol–water partition coefficient (Wildman–Crippen LogP) is -0.548. The molecule has 0 aromatic carbocycles. The van der Waals surface area contributed by atoms with Gasteiger partial charge in [-0.1, -0.05) is 0 Å². The van der Waals surface area contributed by atoms with E-state index >= 15 is 0 Å². The minimum absolute atomic E-state index is 0.0288. The van der Waals surface area contributed by atoms with Crippen molar-refractivity contribution in [2.45, 2.75) is 20.0 Å². The van der Waals surface area contributed by atoms with Crippen molar-refractivity contribution in [1.82, 2.24) is 10.2 Å². The second-order valence-corrected chi connectivity index (χ2v) is 3.35. The minimum Gasteiger partial charge on any atom is -0.389 e. The molecule has 0 bridgehead atoms. The van der Waals surface area contributed by atoms with Gasteiger partial charge in [-0.05, 0) is 13.8 Å². The summed E-state index contributed by atoms with van der Waals surface area (Å²) in [5, 5.41) is 12.3. The van der Waals surface area contributed by atoms with Gasteiger partial charge < -0.3 is 20.1 Å². The molecule has 0 spiro atoms. The first-order chi connectivity index (χ1) is 7.11. The molecule has 0 heterocycles. The molecular formula is C10H22N2O3. The zero-order valence-corrected chi connectivity index (χ0v) is 9.82. The van der Waals surface area contributed by atoms with Gasteiger partial charge in [0.1, 0.15) is 0 Å². The maximum absolute atomic E-state index is 11.3. The maximum atomic E-state index is 11.3. The first-order valence-electron chi connectivity index (χ1n) is 5.32. The molecule has 5 nitrogen and oxygen atoms in total. The lowest BCUT2D eigenvalue weighted by atomic mass is 10.3. The van der Waals surface area contributed by atoms with E-state index in [1.165, 1.54) is 0 Å². The van der Waals surface area contributed by atoms with Gasteiger partial charge in [-0.2, -0.15) is 0 Å². The Morgan fingerprint density at radius 2 is 2.20 bits per heavy atom. The van der Waals surface area contributed by atoms with E-state index in [0.717, 1.165) is 0 Å². The van der Waals surface area contributed by atoms with Gasteiger partial charge >= 0.3 is 0 Å². The van der Waals surface area contributed by atoms with Crippen LogP contribution in [0, 0.1) is 0 Å². The van der Waals surface area contributed by atoms with Crippen molar-refractivity contribution in [2.75, 3.05) is 39.9 Å². The first-order valence-corrected chi connectivity index (χ1v) is 5.32. The smallest absolute Gasteiger partial charge is 0.236 e. The molecule has 0 aliphatic carbocycles. The molecule has 1 amide bonds. The molecule has 0 saturated heterocycles. The Kier molecular flexibility index (Phi) is 8.27. The lowest BCUT2D eigenvalue weighted by Crippen LogP contribution is -2.39. The zero-order valence-electron chi connectivity index (χ0n) is 9.82. The third kappa shape index (κ3) is 7.30. The summed E-state index contributed by atoms with van der Waals surface area (Å²) in [7, 11) is 1.75. The van der Waals surface area contributed by atoms with Gasteiger partial charge in [0.15, 0.2) is 0 Å². The number of nitrogens with zero attached hydrogens (tertiary/aromatic N) is 1. The van der Waals surface area contributed by atoms with E-state index in [1.807, 2.05) is 13.8 Å². The van der Waals surface area contributed by atoms with Crippen LogP contribution in [0.1, 0.15) is 13.8 Å². The maximum Gasteiger partial charge on any atom is 0.236 e. The Hall–Kier alpha value is -0.650. The number of carbonyl (C=O) groups is 1. The Morgan fingerprint density at radius 1 is 1.53 bits per heavy atom. The molecule has 90 valence electrons. The molecule has 0 aromatic rings. The lowest BCUT2D eigenvalue weighted by molar-refractivity contribution is -0.128. The number of aliphatic hydroxyl groups is 1. The van der Waals surface area contributed by atoms with E-state index in [2.05, 4.69) is 5.32 Å². The summed E-state index contributed by atoms with van der Waals surface area (Å²) < 4.78 is 5.04. The van der Waals surface area contributed by atoms with Crippen LogP contribution >= 0.6 is 0 Å². The van der Waals surface area contributed by atoms with Crippen molar-refractivity contribution in [3.63, 3.8) is 0 Å². The Labute approximate surface area is 91.4 Å². The van der Waals surface area contributed by atoms with E-state index in [-0.39, 0.29) is 12.5 Å². The highest BCUT2D eigenvalue weighted by atomic mass is 16.5. The average molecular weight is 218 g/mol. The lowest BCUT2D eigenvalue weighted by Gasteiger charge is -2.16. The van der Waals surface area contributed by atoms with Crippen LogP contribution in [0.25, 0.3) is 0 Å². The van der Waals surface area contributed by atoms with E-state index in [4.69, 9.17) is 4.74 Å². The van der Waals surface area contributed by atoms with Gasteiger partial charge in [-0.3, -0.25) is 4.79 Å². The van der Waals surface area contributed by atoms with Crippen molar-refractivity contribution in [3.8, 4) is 0 Å². The molecule has 1 atom stereocenters. The number of aliphatic hydroxyl groups excluding tert-OH is 1. The van der Waals surface area contributed by atoms with Crippen molar-refractivity contribution in [1.29, 1.82) is 0 Å². The fourth-order valence-electron chi connectivity index (χ4n) is 0.970. The van der Waals surface area contributed by atoms with Crippen LogP contribution in [0.3, 0.4) is 0 Å². The molecule has 0 aromatic heterocycles. The summed E-state index contributed by atoms with van der Waals surface area (Å²) in [5.74, 6) is 0.0288. The van der Waals surface area contributed by atoms with E-state index in [1.54, 1.807) is 11.9 Å². The normalized spacial score (nSPS) is 12.5. The van der Waals surface area contributed by atoms with Gasteiger partial charge in [0.05, 0.1) is 19.3 Å². The van der Waals surface area contributed by atoms with Crippen LogP contribution in [0.2, 0.25) is 0 Å². The van der Waals surface area contributed by atoms with Gasteiger partial charge in [0.25, 0.3) is 0 Å². The summed E-state index contributed by atoms with van der Waals surface area (Å²) in [6.07, 6.45) is -0.551. The topological polar surface area (TPSA) is 61.8 Å². The molecule has 2 N–H and O–H groups in total. The number of rotatable bonds is 8. The Balaban J connectivity index is 3.48. The van der Waals surface area contributed by atoms with Gasteiger partial charge in [-0.15, -0.1) is 0 Å². The average Bonchev–Trinajstić information content (AvgIpc) is 2.24. The number of ether oxygens (including phenoxy) is 1. The molecule has 0 saturated carbocycles. The van der Waals surface area contributed by atoms with Gasteiger partial charge in [-0.25, -0.2) is 0 Å². The number of hydrogen-bond donors (Lipinski definition) is 2. The van der Waals surface area contributed by atoms with Gasteiger partial charge in [0.2, 0.25) is 5.91 Å². The monoisotopic (exact) mass is 218 g/mol. The highest BCUT2D eigenvalue weighted by Gasteiger charge is 2.07. The summed E-state index contributed by atoms with van der Waals surface area (Å²) >= 11 is 0. The Bertz CT molecular complexity index is 176. The fraction of sp³-hybridized carbons (Fsp3) is 0.900. The number of hydrogen-bond acceptors (Lipinski definition) is 4. The predicted molar refractivity (Wildman–Crippen MR) is 58.7 cm³/mol. The van der Waals surface area contributed by atoms with E-state index in [0.29, 0.717) is 26.3 Å². The molecule has 15 heavy (non-hydrogen) atoms. The van der Waals surface area contributed by atoms with Crippen LogP contribution in [0.4, 0.5) is 0 Å². The van der Waals surface area contributed by atoms with Crippen molar-refractivity contribution >= 4 is 5.91 Å².